The summed E-state index contributed by atoms with van der Waals surface area (Å²) in [6, 6.07) is 24.8. The van der Waals surface area contributed by atoms with E-state index in [9.17, 15) is 13.5 Å². The molecule has 1 N–H and O–H groups in total. The van der Waals surface area contributed by atoms with Gasteiger partial charge in [0.15, 0.2) is 0 Å². The first-order chi connectivity index (χ1) is 14.5. The van der Waals surface area contributed by atoms with Crippen molar-refractivity contribution in [2.24, 2.45) is 0 Å². The average Bonchev–Trinajstić information content (AvgIpc) is 3.08. The number of anilines is 1. The highest BCUT2D eigenvalue weighted by Gasteiger charge is 2.27. The van der Waals surface area contributed by atoms with Crippen LogP contribution in [0.3, 0.4) is 0 Å². The molecule has 0 spiro atoms. The summed E-state index contributed by atoms with van der Waals surface area (Å²) in [5.41, 5.74) is 2.26. The van der Waals surface area contributed by atoms with Crippen LogP contribution in [-0.2, 0) is 16.6 Å². The van der Waals surface area contributed by atoms with Crippen LogP contribution >= 0.6 is 0 Å². The van der Waals surface area contributed by atoms with Crippen LogP contribution in [0.5, 0.6) is 0 Å². The van der Waals surface area contributed by atoms with Gasteiger partial charge in [0.2, 0.25) is 0 Å². The van der Waals surface area contributed by atoms with Crippen molar-refractivity contribution in [1.29, 1.82) is 0 Å². The highest BCUT2D eigenvalue weighted by atomic mass is 32.2. The minimum atomic E-state index is -3.83. The summed E-state index contributed by atoms with van der Waals surface area (Å²) in [4.78, 5) is 4.71. The zero-order valence-corrected chi connectivity index (χ0v) is 17.4. The van der Waals surface area contributed by atoms with Crippen molar-refractivity contribution >= 4 is 26.7 Å². The SMILES string of the molecule is Cc1nc2ccccc2n1CC(O)CN(c1ccccc1)S(=O)(=O)c1ccccc1. The molecule has 0 aliphatic heterocycles. The van der Waals surface area contributed by atoms with Crippen molar-refractivity contribution in [2.45, 2.75) is 24.5 Å². The predicted molar refractivity (Wildman–Crippen MR) is 118 cm³/mol. The highest BCUT2D eigenvalue weighted by molar-refractivity contribution is 7.92. The Hall–Kier alpha value is -3.16. The van der Waals surface area contributed by atoms with Crippen molar-refractivity contribution in [3.63, 3.8) is 0 Å². The van der Waals surface area contributed by atoms with Gasteiger partial charge in [-0.05, 0) is 43.3 Å². The van der Waals surface area contributed by atoms with Gasteiger partial charge in [-0.25, -0.2) is 13.4 Å². The average molecular weight is 422 g/mol. The number of rotatable bonds is 7. The number of aliphatic hydroxyl groups is 1. The standard InChI is InChI=1S/C23H23N3O3S/c1-18-24-22-14-8-9-15-23(22)25(18)16-20(27)17-26(19-10-4-2-5-11-19)30(28,29)21-12-6-3-7-13-21/h2-15,20,27H,16-17H2,1H3. The number of benzene rings is 3. The summed E-state index contributed by atoms with van der Waals surface area (Å²) in [5, 5.41) is 10.9. The zero-order chi connectivity index (χ0) is 21.1. The topological polar surface area (TPSA) is 75.4 Å². The summed E-state index contributed by atoms with van der Waals surface area (Å²) in [6.45, 7) is 2.04. The first-order valence-electron chi connectivity index (χ1n) is 9.69. The van der Waals surface area contributed by atoms with E-state index in [1.165, 1.54) is 4.31 Å². The molecule has 7 heteroatoms. The second-order valence-electron chi connectivity index (χ2n) is 7.10. The monoisotopic (exact) mass is 421 g/mol. The maximum Gasteiger partial charge on any atom is 0.264 e. The molecule has 0 saturated heterocycles. The van der Waals surface area contributed by atoms with E-state index < -0.39 is 16.1 Å². The second kappa shape index (κ2) is 8.30. The van der Waals surface area contributed by atoms with Crippen LogP contribution in [0.4, 0.5) is 5.69 Å². The van der Waals surface area contributed by atoms with Gasteiger partial charge in [0.05, 0.1) is 40.8 Å². The molecule has 3 aromatic carbocycles. The Kier molecular flexibility index (Phi) is 5.57. The van der Waals surface area contributed by atoms with E-state index >= 15 is 0 Å². The molecule has 30 heavy (non-hydrogen) atoms. The number of aromatic nitrogens is 2. The summed E-state index contributed by atoms with van der Waals surface area (Å²) in [6.07, 6.45) is -0.931. The minimum Gasteiger partial charge on any atom is -0.389 e. The Bertz CT molecular complexity index is 1240. The van der Waals surface area contributed by atoms with E-state index in [1.54, 1.807) is 54.6 Å². The molecular weight excluding hydrogens is 398 g/mol. The lowest BCUT2D eigenvalue weighted by Gasteiger charge is -2.27. The lowest BCUT2D eigenvalue weighted by Crippen LogP contribution is -2.39. The number of imidazole rings is 1. The molecule has 6 nitrogen and oxygen atoms in total. The lowest BCUT2D eigenvalue weighted by atomic mass is 10.2. The summed E-state index contributed by atoms with van der Waals surface area (Å²) < 4.78 is 29.9. The van der Waals surface area contributed by atoms with Crippen LogP contribution in [0.15, 0.2) is 89.8 Å². The van der Waals surface area contributed by atoms with Crippen molar-refractivity contribution in [3.8, 4) is 0 Å². The van der Waals surface area contributed by atoms with Gasteiger partial charge >= 0.3 is 0 Å². The molecule has 0 amide bonds. The Labute approximate surface area is 176 Å². The highest BCUT2D eigenvalue weighted by Crippen LogP contribution is 2.24. The summed E-state index contributed by atoms with van der Waals surface area (Å²) >= 11 is 0. The van der Waals surface area contributed by atoms with Gasteiger partial charge in [0.1, 0.15) is 5.82 Å². The molecule has 0 aliphatic rings. The van der Waals surface area contributed by atoms with Crippen LogP contribution in [0.1, 0.15) is 5.82 Å². The number of aliphatic hydroxyl groups excluding tert-OH is 1. The van der Waals surface area contributed by atoms with E-state index in [4.69, 9.17) is 0 Å². The van der Waals surface area contributed by atoms with E-state index in [1.807, 2.05) is 41.8 Å². The predicted octanol–water partition coefficient (Wildman–Crippen LogP) is 3.60. The van der Waals surface area contributed by atoms with Crippen molar-refractivity contribution in [2.75, 3.05) is 10.8 Å². The van der Waals surface area contributed by atoms with Gasteiger partial charge in [-0.15, -0.1) is 0 Å². The van der Waals surface area contributed by atoms with Crippen molar-refractivity contribution in [1.82, 2.24) is 9.55 Å². The van der Waals surface area contributed by atoms with Crippen LogP contribution in [0, 0.1) is 6.92 Å². The number of nitrogens with zero attached hydrogens (tertiary/aromatic N) is 3. The van der Waals surface area contributed by atoms with Gasteiger partial charge in [-0.1, -0.05) is 48.5 Å². The maximum absolute atomic E-state index is 13.3. The molecule has 0 aliphatic carbocycles. The lowest BCUT2D eigenvalue weighted by molar-refractivity contribution is 0.163. The summed E-state index contributed by atoms with van der Waals surface area (Å²) in [5.74, 6) is 0.771. The fourth-order valence-corrected chi connectivity index (χ4v) is 5.07. The Morgan fingerprint density at radius 3 is 2.23 bits per heavy atom. The Morgan fingerprint density at radius 2 is 1.53 bits per heavy atom. The molecule has 0 radical (unpaired) electrons. The zero-order valence-electron chi connectivity index (χ0n) is 16.6. The van der Waals surface area contributed by atoms with Gasteiger partial charge in [-0.2, -0.15) is 0 Å². The first-order valence-corrected chi connectivity index (χ1v) is 11.1. The van der Waals surface area contributed by atoms with Crippen molar-refractivity contribution < 1.29 is 13.5 Å². The minimum absolute atomic E-state index is 0.0762. The smallest absolute Gasteiger partial charge is 0.264 e. The molecule has 4 aromatic rings. The number of fused-ring (bicyclic) bond motifs is 1. The molecule has 0 bridgehead atoms. The maximum atomic E-state index is 13.3. The number of sulfonamides is 1. The number of hydrogen-bond acceptors (Lipinski definition) is 4. The molecule has 154 valence electrons. The molecule has 1 unspecified atom stereocenters. The van der Waals surface area contributed by atoms with Gasteiger partial charge in [0.25, 0.3) is 10.0 Å². The van der Waals surface area contributed by atoms with Crippen LogP contribution < -0.4 is 4.31 Å². The fourth-order valence-electron chi connectivity index (χ4n) is 3.54. The van der Waals surface area contributed by atoms with Crippen LogP contribution in [0.25, 0.3) is 11.0 Å². The van der Waals surface area contributed by atoms with Crippen LogP contribution in [0.2, 0.25) is 0 Å². The van der Waals surface area contributed by atoms with E-state index in [-0.39, 0.29) is 18.0 Å². The quantitative estimate of drug-likeness (QED) is 0.495. The molecule has 1 heterocycles. The van der Waals surface area contributed by atoms with Gasteiger partial charge < -0.3 is 9.67 Å². The molecule has 0 saturated carbocycles. The van der Waals surface area contributed by atoms with Gasteiger partial charge in [0, 0.05) is 0 Å². The third-order valence-corrected chi connectivity index (χ3v) is 6.80. The fraction of sp³-hybridized carbons (Fsp3) is 0.174. The number of aryl methyl sites for hydroxylation is 1. The van der Waals surface area contributed by atoms with Gasteiger partial charge in [-0.3, -0.25) is 4.31 Å². The third-order valence-electron chi connectivity index (χ3n) is 4.99. The van der Waals surface area contributed by atoms with E-state index in [0.717, 1.165) is 16.9 Å². The molecule has 1 aromatic heterocycles. The molecule has 0 fully saturated rings. The molecule has 1 atom stereocenters. The largest absolute Gasteiger partial charge is 0.389 e. The number of hydrogen-bond donors (Lipinski definition) is 1. The third kappa shape index (κ3) is 3.94. The normalized spacial score (nSPS) is 12.7. The molecular formula is C23H23N3O3S. The summed E-state index contributed by atoms with van der Waals surface area (Å²) in [7, 11) is -3.83. The Morgan fingerprint density at radius 1 is 0.933 bits per heavy atom. The van der Waals surface area contributed by atoms with E-state index in [2.05, 4.69) is 4.98 Å². The first kappa shape index (κ1) is 20.1. The Balaban J connectivity index is 1.66. The van der Waals surface area contributed by atoms with E-state index in [0.29, 0.717) is 5.69 Å². The number of para-hydroxylation sites is 3. The van der Waals surface area contributed by atoms with Crippen LogP contribution in [-0.4, -0.2) is 35.7 Å². The molecule has 4 rings (SSSR count). The van der Waals surface area contributed by atoms with Crippen molar-refractivity contribution in [3.05, 3.63) is 90.8 Å². The second-order valence-corrected chi connectivity index (χ2v) is 8.96.